The quantitative estimate of drug-likeness (QED) is 0.620. The molecule has 0 aromatic rings. The Bertz CT molecular complexity index is 212. The van der Waals surface area contributed by atoms with Gasteiger partial charge in [-0.3, -0.25) is 4.79 Å². The molecule has 0 saturated heterocycles. The summed E-state index contributed by atoms with van der Waals surface area (Å²) < 4.78 is 0. The van der Waals surface area contributed by atoms with Crippen LogP contribution in [-0.4, -0.2) is 17.0 Å². The summed E-state index contributed by atoms with van der Waals surface area (Å²) in [6.45, 7) is 2.14. The largest absolute Gasteiger partial charge is 0.393 e. The van der Waals surface area contributed by atoms with E-state index in [-0.39, 0.29) is 6.10 Å². The highest BCUT2D eigenvalue weighted by molar-refractivity contribution is 5.79. The second kappa shape index (κ2) is 3.41. The summed E-state index contributed by atoms with van der Waals surface area (Å²) in [5.41, 5.74) is 0. The van der Waals surface area contributed by atoms with Gasteiger partial charge in [-0.05, 0) is 37.0 Å². The number of ketones is 1. The minimum Gasteiger partial charge on any atom is -0.393 e. The van der Waals surface area contributed by atoms with E-state index in [9.17, 15) is 9.90 Å². The number of aliphatic hydroxyl groups is 1. The average molecular weight is 182 g/mol. The number of carbonyl (C=O) groups is 1. The van der Waals surface area contributed by atoms with Crippen molar-refractivity contribution in [2.45, 2.75) is 45.1 Å². The predicted molar refractivity (Wildman–Crippen MR) is 50.2 cm³/mol. The number of aliphatic hydroxyl groups excluding tert-OH is 1. The molecule has 2 heteroatoms. The third-order valence-corrected chi connectivity index (χ3v) is 3.97. The van der Waals surface area contributed by atoms with Crippen molar-refractivity contribution in [3.05, 3.63) is 0 Å². The normalized spacial score (nSPS) is 45.8. The summed E-state index contributed by atoms with van der Waals surface area (Å²) in [7, 11) is 0. The van der Waals surface area contributed by atoms with Crippen LogP contribution in [0.4, 0.5) is 0 Å². The summed E-state index contributed by atoms with van der Waals surface area (Å²) in [6, 6.07) is 0. The van der Waals surface area contributed by atoms with E-state index in [2.05, 4.69) is 6.92 Å². The molecule has 4 atom stereocenters. The molecular weight excluding hydrogens is 164 g/mol. The molecule has 0 amide bonds. The Morgan fingerprint density at radius 3 is 2.85 bits per heavy atom. The minimum absolute atomic E-state index is 0.116. The standard InChI is InChI=1S/C11H18O2/c1-7-10-4-3-9(12)6-8(10)2-5-11(7)13/h7-8,10-11,13H,2-6H2,1H3. The fraction of sp³-hybridized carbons (Fsp3) is 0.909. The number of hydrogen-bond acceptors (Lipinski definition) is 2. The van der Waals surface area contributed by atoms with Gasteiger partial charge in [0.25, 0.3) is 0 Å². The smallest absolute Gasteiger partial charge is 0.133 e. The fourth-order valence-electron chi connectivity index (χ4n) is 3.05. The molecule has 0 heterocycles. The second-order valence-electron chi connectivity index (χ2n) is 4.71. The Morgan fingerprint density at radius 2 is 2.08 bits per heavy atom. The van der Waals surface area contributed by atoms with Crippen molar-refractivity contribution in [1.82, 2.24) is 0 Å². The molecular formula is C11H18O2. The number of fused-ring (bicyclic) bond motifs is 1. The van der Waals surface area contributed by atoms with Crippen LogP contribution in [0.15, 0.2) is 0 Å². The first kappa shape index (κ1) is 9.20. The zero-order valence-corrected chi connectivity index (χ0v) is 8.20. The Morgan fingerprint density at radius 1 is 1.31 bits per heavy atom. The topological polar surface area (TPSA) is 37.3 Å². The van der Waals surface area contributed by atoms with Crippen molar-refractivity contribution in [3.63, 3.8) is 0 Å². The number of hydrogen-bond donors (Lipinski definition) is 1. The molecule has 74 valence electrons. The van der Waals surface area contributed by atoms with Crippen LogP contribution >= 0.6 is 0 Å². The first-order valence-electron chi connectivity index (χ1n) is 5.38. The van der Waals surface area contributed by atoms with Gasteiger partial charge in [-0.2, -0.15) is 0 Å². The van der Waals surface area contributed by atoms with Crippen molar-refractivity contribution in [2.24, 2.45) is 17.8 Å². The monoisotopic (exact) mass is 182 g/mol. The van der Waals surface area contributed by atoms with Crippen LogP contribution < -0.4 is 0 Å². The van der Waals surface area contributed by atoms with Gasteiger partial charge < -0.3 is 5.11 Å². The molecule has 2 aliphatic rings. The molecule has 2 rings (SSSR count). The van der Waals surface area contributed by atoms with Crippen LogP contribution in [-0.2, 0) is 4.79 Å². The van der Waals surface area contributed by atoms with E-state index in [1.54, 1.807) is 0 Å². The molecule has 2 saturated carbocycles. The third-order valence-electron chi connectivity index (χ3n) is 3.97. The van der Waals surface area contributed by atoms with Crippen LogP contribution in [0.2, 0.25) is 0 Å². The lowest BCUT2D eigenvalue weighted by atomic mass is 9.65. The molecule has 1 N–H and O–H groups in total. The highest BCUT2D eigenvalue weighted by atomic mass is 16.3. The SMILES string of the molecule is CC1C(O)CCC2CC(=O)CCC21. The van der Waals surface area contributed by atoms with Crippen LogP contribution in [0.1, 0.15) is 39.0 Å². The van der Waals surface area contributed by atoms with Gasteiger partial charge in [0.15, 0.2) is 0 Å². The second-order valence-corrected chi connectivity index (χ2v) is 4.71. The maximum atomic E-state index is 11.2. The van der Waals surface area contributed by atoms with E-state index >= 15 is 0 Å². The summed E-state index contributed by atoms with van der Waals surface area (Å²) >= 11 is 0. The Labute approximate surface area is 79.3 Å². The summed E-state index contributed by atoms with van der Waals surface area (Å²) in [4.78, 5) is 11.2. The van der Waals surface area contributed by atoms with Gasteiger partial charge in [0, 0.05) is 12.8 Å². The molecule has 0 spiro atoms. The van der Waals surface area contributed by atoms with Gasteiger partial charge in [0.05, 0.1) is 6.10 Å². The Balaban J connectivity index is 2.06. The minimum atomic E-state index is -0.116. The molecule has 0 bridgehead atoms. The summed E-state index contributed by atoms with van der Waals surface area (Å²) in [5, 5.41) is 9.70. The maximum absolute atomic E-state index is 11.2. The highest BCUT2D eigenvalue weighted by Gasteiger charge is 2.39. The van der Waals surface area contributed by atoms with Gasteiger partial charge >= 0.3 is 0 Å². The molecule has 2 aliphatic carbocycles. The van der Waals surface area contributed by atoms with Crippen LogP contribution in [0, 0.1) is 17.8 Å². The van der Waals surface area contributed by atoms with Crippen LogP contribution in [0.5, 0.6) is 0 Å². The first-order chi connectivity index (χ1) is 6.18. The lowest BCUT2D eigenvalue weighted by Gasteiger charge is -2.41. The van der Waals surface area contributed by atoms with E-state index in [4.69, 9.17) is 0 Å². The lowest BCUT2D eigenvalue weighted by Crippen LogP contribution is -2.39. The zero-order valence-electron chi connectivity index (χ0n) is 8.20. The van der Waals surface area contributed by atoms with E-state index in [0.29, 0.717) is 23.5 Å². The third kappa shape index (κ3) is 1.64. The molecule has 13 heavy (non-hydrogen) atoms. The molecule has 4 unspecified atom stereocenters. The van der Waals surface area contributed by atoms with Crippen molar-refractivity contribution >= 4 is 5.78 Å². The summed E-state index contributed by atoms with van der Waals surface area (Å²) in [6.07, 6.45) is 4.38. The highest BCUT2D eigenvalue weighted by Crippen LogP contribution is 2.42. The van der Waals surface area contributed by atoms with Crippen molar-refractivity contribution in [1.29, 1.82) is 0 Å². The van der Waals surface area contributed by atoms with Gasteiger partial charge in [-0.1, -0.05) is 6.92 Å². The molecule has 0 aromatic carbocycles. The van der Waals surface area contributed by atoms with E-state index in [1.807, 2.05) is 0 Å². The predicted octanol–water partition coefficient (Wildman–Crippen LogP) is 1.76. The van der Waals surface area contributed by atoms with E-state index < -0.39 is 0 Å². The van der Waals surface area contributed by atoms with Gasteiger partial charge in [-0.15, -0.1) is 0 Å². The van der Waals surface area contributed by atoms with Gasteiger partial charge in [-0.25, -0.2) is 0 Å². The van der Waals surface area contributed by atoms with Gasteiger partial charge in [0.2, 0.25) is 0 Å². The van der Waals surface area contributed by atoms with E-state index in [1.165, 1.54) is 0 Å². The number of carbonyl (C=O) groups excluding carboxylic acids is 1. The number of Topliss-reactive ketones (excluding diaryl/α,β-unsaturated/α-hetero) is 1. The fourth-order valence-corrected chi connectivity index (χ4v) is 3.05. The maximum Gasteiger partial charge on any atom is 0.133 e. The van der Waals surface area contributed by atoms with Crippen molar-refractivity contribution < 1.29 is 9.90 Å². The van der Waals surface area contributed by atoms with Crippen LogP contribution in [0.3, 0.4) is 0 Å². The molecule has 2 nitrogen and oxygen atoms in total. The van der Waals surface area contributed by atoms with E-state index in [0.717, 1.165) is 32.1 Å². The van der Waals surface area contributed by atoms with Crippen molar-refractivity contribution in [3.8, 4) is 0 Å². The van der Waals surface area contributed by atoms with Crippen molar-refractivity contribution in [2.75, 3.05) is 0 Å². The Kier molecular flexibility index (Phi) is 2.41. The first-order valence-corrected chi connectivity index (χ1v) is 5.38. The molecule has 0 radical (unpaired) electrons. The summed E-state index contributed by atoms with van der Waals surface area (Å²) in [5.74, 6) is 2.04. The molecule has 2 fully saturated rings. The lowest BCUT2D eigenvalue weighted by molar-refractivity contribution is -0.125. The molecule has 0 aromatic heterocycles. The van der Waals surface area contributed by atoms with Gasteiger partial charge in [0.1, 0.15) is 5.78 Å². The van der Waals surface area contributed by atoms with Crippen LogP contribution in [0.25, 0.3) is 0 Å². The number of rotatable bonds is 0. The Hall–Kier alpha value is -0.370. The zero-order chi connectivity index (χ0) is 9.42. The average Bonchev–Trinajstić information content (AvgIpc) is 2.12. The molecule has 0 aliphatic heterocycles.